The van der Waals surface area contributed by atoms with Gasteiger partial charge in [-0.05, 0) is 35.5 Å². The second-order valence-electron chi connectivity index (χ2n) is 6.66. The van der Waals surface area contributed by atoms with Crippen LogP contribution in [0, 0.1) is 46.3 Å². The molecule has 6 saturated carbocycles. The molecule has 0 atom stereocenters. The molecule has 6 aliphatic carbocycles. The van der Waals surface area contributed by atoms with Crippen molar-refractivity contribution in [2.75, 3.05) is 20.0 Å². The van der Waals surface area contributed by atoms with Crippen molar-refractivity contribution in [1.29, 1.82) is 0 Å². The van der Waals surface area contributed by atoms with E-state index in [0.29, 0.717) is 42.1 Å². The van der Waals surface area contributed by atoms with Gasteiger partial charge in [0, 0.05) is 5.41 Å². The number of ether oxygens (including phenoxy) is 1. The zero-order valence-electron chi connectivity index (χ0n) is 10.1. The first-order chi connectivity index (χ1) is 8.42. The molecule has 0 aromatic heterocycles. The zero-order valence-corrected chi connectivity index (χ0v) is 10.9. The lowest BCUT2D eigenvalue weighted by molar-refractivity contribution is -0.645. The summed E-state index contributed by atoms with van der Waals surface area (Å²) < 4.78 is 32.1. The van der Waals surface area contributed by atoms with Crippen LogP contribution >= 0.6 is 0 Å². The van der Waals surface area contributed by atoms with Gasteiger partial charge in [0.15, 0.2) is 0 Å². The molecule has 98 valence electrons. The highest BCUT2D eigenvalue weighted by Crippen LogP contribution is 3.10. The molecular formula is C12H14O5S. The van der Waals surface area contributed by atoms with Gasteiger partial charge in [0.2, 0.25) is 0 Å². The van der Waals surface area contributed by atoms with Crippen molar-refractivity contribution in [3.63, 3.8) is 0 Å². The van der Waals surface area contributed by atoms with Crippen molar-refractivity contribution in [2.24, 2.45) is 46.3 Å². The van der Waals surface area contributed by atoms with E-state index in [0.717, 1.165) is 6.26 Å². The monoisotopic (exact) mass is 270 g/mol. The van der Waals surface area contributed by atoms with E-state index >= 15 is 0 Å². The molecular weight excluding hydrogens is 256 g/mol. The predicted molar refractivity (Wildman–Crippen MR) is 58.6 cm³/mol. The number of carbonyl (C=O) groups excluding carboxylic acids is 1. The van der Waals surface area contributed by atoms with Gasteiger partial charge in [0.05, 0.1) is 25.4 Å². The Kier molecular flexibility index (Phi) is 1.28. The Morgan fingerprint density at radius 3 is 2.00 bits per heavy atom. The molecule has 0 amide bonds. The van der Waals surface area contributed by atoms with Crippen molar-refractivity contribution in [3.8, 4) is 0 Å². The van der Waals surface area contributed by atoms with E-state index in [2.05, 4.69) is 0 Å². The van der Waals surface area contributed by atoms with E-state index in [1.165, 1.54) is 7.11 Å². The highest BCUT2D eigenvalue weighted by atomic mass is 32.2. The summed E-state index contributed by atoms with van der Waals surface area (Å²) in [4.78, 5) is 11.9. The van der Waals surface area contributed by atoms with Gasteiger partial charge >= 0.3 is 5.97 Å². The number of rotatable bonds is 4. The van der Waals surface area contributed by atoms with Crippen LogP contribution in [0.25, 0.3) is 0 Å². The average Bonchev–Trinajstić information content (AvgIpc) is 2.34. The third-order valence-electron chi connectivity index (χ3n) is 6.90. The second kappa shape index (κ2) is 2.26. The van der Waals surface area contributed by atoms with E-state index in [9.17, 15) is 13.2 Å². The van der Waals surface area contributed by atoms with Crippen LogP contribution in [-0.2, 0) is 23.8 Å². The molecule has 0 spiro atoms. The molecule has 0 aromatic carbocycles. The number of carbonyl (C=O) groups is 1. The molecule has 0 radical (unpaired) electrons. The van der Waals surface area contributed by atoms with Gasteiger partial charge in [-0.3, -0.25) is 8.98 Å². The lowest BCUT2D eigenvalue weighted by Gasteiger charge is -3.10. The third-order valence-corrected chi connectivity index (χ3v) is 7.45. The van der Waals surface area contributed by atoms with Gasteiger partial charge < -0.3 is 4.74 Å². The van der Waals surface area contributed by atoms with Crippen LogP contribution in [0.3, 0.4) is 0 Å². The molecule has 18 heavy (non-hydrogen) atoms. The fraction of sp³-hybridized carbons (Fsp3) is 0.917. The van der Waals surface area contributed by atoms with Crippen molar-refractivity contribution in [2.45, 2.75) is 0 Å². The number of hydrogen-bond acceptors (Lipinski definition) is 5. The van der Waals surface area contributed by atoms with Crippen LogP contribution in [0.2, 0.25) is 0 Å². The fourth-order valence-electron chi connectivity index (χ4n) is 6.83. The molecule has 0 bridgehead atoms. The summed E-state index contributed by atoms with van der Waals surface area (Å²) in [7, 11) is -1.88. The van der Waals surface area contributed by atoms with E-state index in [4.69, 9.17) is 8.92 Å². The average molecular weight is 270 g/mol. The van der Waals surface area contributed by atoms with Crippen molar-refractivity contribution < 1.29 is 22.1 Å². The second-order valence-corrected chi connectivity index (χ2v) is 8.30. The third kappa shape index (κ3) is 0.575. The molecule has 0 heterocycles. The fourth-order valence-corrected chi connectivity index (χ4v) is 7.25. The lowest BCUT2D eigenvalue weighted by Crippen LogP contribution is -3.11. The topological polar surface area (TPSA) is 69.7 Å². The molecule has 0 unspecified atom stereocenters. The summed E-state index contributed by atoms with van der Waals surface area (Å²) in [5, 5.41) is 0. The molecule has 5 nitrogen and oxygen atoms in total. The van der Waals surface area contributed by atoms with Gasteiger partial charge in [-0.15, -0.1) is 0 Å². The Morgan fingerprint density at radius 2 is 1.61 bits per heavy atom. The molecule has 0 aromatic rings. The standard InChI is InChI=1S/C12H14O5S/c1-16-10(13)12-7-4-8(12)6-9(12)5(7)11(4,6)3-17-18(2,14)15/h4-9H,3H2,1-2H3. The van der Waals surface area contributed by atoms with Gasteiger partial charge in [0.25, 0.3) is 10.1 Å². The van der Waals surface area contributed by atoms with E-state index in [-0.39, 0.29) is 16.8 Å². The molecule has 6 fully saturated rings. The first-order valence-electron chi connectivity index (χ1n) is 6.35. The van der Waals surface area contributed by atoms with Crippen LogP contribution in [0.5, 0.6) is 0 Å². The van der Waals surface area contributed by atoms with E-state index in [1.807, 2.05) is 0 Å². The maximum Gasteiger partial charge on any atom is 0.312 e. The quantitative estimate of drug-likeness (QED) is 0.526. The molecule has 0 N–H and O–H groups in total. The molecule has 0 saturated heterocycles. The molecule has 6 aliphatic rings. The minimum Gasteiger partial charge on any atom is -0.469 e. The molecule has 6 rings (SSSR count). The SMILES string of the molecule is COC(=O)C12C3C4C1C1C2C3C41COS(C)(=O)=O. The Balaban J connectivity index is 1.40. The summed E-state index contributed by atoms with van der Waals surface area (Å²) in [5.74, 6) is 3.04. The summed E-state index contributed by atoms with van der Waals surface area (Å²) in [6.45, 7) is 0.340. The minimum absolute atomic E-state index is 0.0245. The van der Waals surface area contributed by atoms with Crippen LogP contribution in [-0.4, -0.2) is 34.4 Å². The first-order valence-corrected chi connectivity index (χ1v) is 8.17. The summed E-state index contributed by atoms with van der Waals surface area (Å²) >= 11 is 0. The van der Waals surface area contributed by atoms with Crippen LogP contribution in [0.15, 0.2) is 0 Å². The maximum atomic E-state index is 11.9. The predicted octanol–water partition coefficient (Wildman–Crippen LogP) is -0.126. The Bertz CT molecular complexity index is 552. The van der Waals surface area contributed by atoms with Crippen LogP contribution < -0.4 is 0 Å². The van der Waals surface area contributed by atoms with Gasteiger partial charge in [-0.25, -0.2) is 0 Å². The minimum atomic E-state index is -3.35. The van der Waals surface area contributed by atoms with Gasteiger partial charge in [-0.1, -0.05) is 0 Å². The summed E-state index contributed by atoms with van der Waals surface area (Å²) in [6.07, 6.45) is 1.10. The highest BCUT2D eigenvalue weighted by molar-refractivity contribution is 7.85. The summed E-state index contributed by atoms with van der Waals surface area (Å²) in [6, 6.07) is 0. The number of methoxy groups -OCH3 is 1. The Labute approximate surface area is 105 Å². The van der Waals surface area contributed by atoms with Gasteiger partial charge in [-0.2, -0.15) is 8.42 Å². The lowest BCUT2D eigenvalue weighted by atomic mass is 8.92. The normalized spacial score (nSPS) is 63.4. The van der Waals surface area contributed by atoms with Crippen molar-refractivity contribution in [1.82, 2.24) is 0 Å². The zero-order chi connectivity index (χ0) is 12.7. The smallest absolute Gasteiger partial charge is 0.312 e. The number of esters is 1. The Hall–Kier alpha value is -0.620. The van der Waals surface area contributed by atoms with E-state index in [1.54, 1.807) is 0 Å². The van der Waals surface area contributed by atoms with Crippen LogP contribution in [0.1, 0.15) is 0 Å². The van der Waals surface area contributed by atoms with Crippen molar-refractivity contribution >= 4 is 16.1 Å². The largest absolute Gasteiger partial charge is 0.469 e. The van der Waals surface area contributed by atoms with Crippen molar-refractivity contribution in [3.05, 3.63) is 0 Å². The summed E-state index contributed by atoms with van der Waals surface area (Å²) in [5.41, 5.74) is -0.0135. The first kappa shape index (κ1) is 10.2. The van der Waals surface area contributed by atoms with Gasteiger partial charge in [0.1, 0.15) is 0 Å². The highest BCUT2D eigenvalue weighted by Gasteiger charge is 3.11. The maximum absolute atomic E-state index is 11.9. The molecule has 6 heteroatoms. The number of hydrogen-bond donors (Lipinski definition) is 0. The molecule has 0 aliphatic heterocycles. The Morgan fingerprint density at radius 1 is 1.11 bits per heavy atom. The van der Waals surface area contributed by atoms with E-state index < -0.39 is 10.1 Å². The van der Waals surface area contributed by atoms with Crippen LogP contribution in [0.4, 0.5) is 0 Å².